The van der Waals surface area contributed by atoms with Crippen molar-refractivity contribution in [3.8, 4) is 0 Å². The number of anilines is 1. The fourth-order valence-corrected chi connectivity index (χ4v) is 8.44. The van der Waals surface area contributed by atoms with Crippen LogP contribution in [-0.2, 0) is 20.9 Å². The fourth-order valence-electron chi connectivity index (χ4n) is 5.40. The zero-order valence-corrected chi connectivity index (χ0v) is 22.9. The van der Waals surface area contributed by atoms with Crippen LogP contribution in [0.4, 0.5) is 5.69 Å². The number of carbonyl (C=O) groups is 3. The highest BCUT2D eigenvalue weighted by Crippen LogP contribution is 2.53. The number of amides is 3. The molecule has 6 rings (SSSR count). The molecule has 2 unspecified atom stereocenters. The van der Waals surface area contributed by atoms with E-state index in [1.165, 1.54) is 21.2 Å². The largest absolute Gasteiger partial charge is 0.341 e. The van der Waals surface area contributed by atoms with Gasteiger partial charge in [0.05, 0.1) is 16.6 Å². The van der Waals surface area contributed by atoms with E-state index in [1.807, 2.05) is 11.0 Å². The molecule has 11 heteroatoms. The third-order valence-corrected chi connectivity index (χ3v) is 10.3. The summed E-state index contributed by atoms with van der Waals surface area (Å²) in [7, 11) is 0. The van der Waals surface area contributed by atoms with E-state index in [1.54, 1.807) is 42.7 Å². The van der Waals surface area contributed by atoms with Gasteiger partial charge in [-0.2, -0.15) is 0 Å². The number of benzene rings is 1. The van der Waals surface area contributed by atoms with Gasteiger partial charge >= 0.3 is 4.87 Å². The number of halogens is 1. The Kier molecular flexibility index (Phi) is 6.54. The molecule has 0 aliphatic carbocycles. The molecule has 2 saturated heterocycles. The van der Waals surface area contributed by atoms with E-state index in [9.17, 15) is 19.2 Å². The number of imide groups is 1. The number of thiazole rings is 1. The van der Waals surface area contributed by atoms with Crippen molar-refractivity contribution >= 4 is 62.4 Å². The number of hydrogen-bond donors (Lipinski definition) is 0. The van der Waals surface area contributed by atoms with E-state index in [0.717, 1.165) is 45.5 Å². The van der Waals surface area contributed by atoms with Gasteiger partial charge in [-0.3, -0.25) is 28.7 Å². The normalized spacial score (nSPS) is 23.2. The van der Waals surface area contributed by atoms with Crippen LogP contribution in [-0.4, -0.2) is 50.5 Å². The van der Waals surface area contributed by atoms with Gasteiger partial charge in [0.2, 0.25) is 17.7 Å². The van der Waals surface area contributed by atoms with Crippen molar-refractivity contribution in [3.63, 3.8) is 0 Å². The molecule has 3 aliphatic heterocycles. The number of aromatic nitrogens is 2. The fraction of sp³-hybridized carbons (Fsp3) is 0.346. The first kappa shape index (κ1) is 24.6. The van der Waals surface area contributed by atoms with Gasteiger partial charge in [0.25, 0.3) is 0 Å². The first-order valence-electron chi connectivity index (χ1n) is 12.2. The summed E-state index contributed by atoms with van der Waals surface area (Å²) >= 11 is 5.70. The minimum atomic E-state index is -0.709. The molecular weight excluding hydrogens is 576 g/mol. The minimum absolute atomic E-state index is 0.0621. The molecule has 3 amide bonds. The highest BCUT2D eigenvalue weighted by Gasteiger charge is 2.56. The van der Waals surface area contributed by atoms with E-state index in [2.05, 4.69) is 20.9 Å². The molecule has 0 bridgehead atoms. The molecule has 0 N–H and O–H groups in total. The van der Waals surface area contributed by atoms with E-state index >= 15 is 0 Å². The van der Waals surface area contributed by atoms with Crippen molar-refractivity contribution in [1.82, 2.24) is 14.5 Å². The summed E-state index contributed by atoms with van der Waals surface area (Å²) in [5.41, 5.74) is 1.28. The lowest BCUT2D eigenvalue weighted by atomic mass is 9.84. The second kappa shape index (κ2) is 9.85. The summed E-state index contributed by atoms with van der Waals surface area (Å²) in [6.07, 6.45) is 6.38. The summed E-state index contributed by atoms with van der Waals surface area (Å²) < 4.78 is 2.35. The summed E-state index contributed by atoms with van der Waals surface area (Å²) in [6, 6.07) is 10.7. The molecule has 2 fully saturated rings. The van der Waals surface area contributed by atoms with Gasteiger partial charge in [0.1, 0.15) is 11.8 Å². The van der Waals surface area contributed by atoms with Crippen LogP contribution in [0.25, 0.3) is 0 Å². The van der Waals surface area contributed by atoms with Gasteiger partial charge in [-0.1, -0.05) is 45.1 Å². The molecule has 2 aromatic heterocycles. The number of nitrogens with zero attached hydrogens (tertiary/aromatic N) is 4. The lowest BCUT2D eigenvalue weighted by molar-refractivity contribution is -0.133. The molecule has 1 aromatic carbocycles. The van der Waals surface area contributed by atoms with Crippen LogP contribution in [0.3, 0.4) is 0 Å². The molecule has 0 radical (unpaired) electrons. The zero-order valence-electron chi connectivity index (χ0n) is 19.7. The Bertz CT molecular complexity index is 1430. The van der Waals surface area contributed by atoms with Gasteiger partial charge in [-0.25, -0.2) is 4.90 Å². The number of rotatable bonds is 4. The number of likely N-dealkylation sites (tertiary alicyclic amines) is 1. The molecule has 3 atom stereocenters. The van der Waals surface area contributed by atoms with Crippen LogP contribution in [0.2, 0.25) is 0 Å². The first-order valence-corrected chi connectivity index (χ1v) is 14.6. The van der Waals surface area contributed by atoms with Crippen LogP contribution in [0.15, 0.2) is 63.1 Å². The summed E-state index contributed by atoms with van der Waals surface area (Å²) in [5.74, 6) is -1.87. The van der Waals surface area contributed by atoms with Crippen molar-refractivity contribution in [3.05, 3.63) is 73.4 Å². The highest BCUT2D eigenvalue weighted by atomic mass is 79.9. The summed E-state index contributed by atoms with van der Waals surface area (Å²) in [5, 5.41) is -0.103. The molecule has 3 aliphatic rings. The third kappa shape index (κ3) is 4.26. The minimum Gasteiger partial charge on any atom is -0.341 e. The Morgan fingerprint density at radius 2 is 1.78 bits per heavy atom. The Labute approximate surface area is 229 Å². The zero-order chi connectivity index (χ0) is 25.7. The highest BCUT2D eigenvalue weighted by molar-refractivity contribution is 9.10. The standard InChI is InChI=1S/C26H23BrN4O4S2/c27-16-6-8-17(9-7-16)31-23(33)20-19(15-5-4-10-28-13-15)22-25(36-21(20)24(31)34)30(26(35)37-22)14-18(32)29-11-2-1-3-12-29/h4-10,13,19-21H,1-3,11-12,14H2/t19-,20?,21?/m0/s1. The third-order valence-electron chi connectivity index (χ3n) is 7.18. The quantitative estimate of drug-likeness (QED) is 0.423. The van der Waals surface area contributed by atoms with Crippen molar-refractivity contribution in [2.45, 2.75) is 42.0 Å². The smallest absolute Gasteiger partial charge is 0.308 e. The molecule has 3 aromatic rings. The van der Waals surface area contributed by atoms with Crippen LogP contribution in [0.1, 0.15) is 35.6 Å². The Morgan fingerprint density at radius 3 is 2.49 bits per heavy atom. The van der Waals surface area contributed by atoms with Crippen molar-refractivity contribution < 1.29 is 14.4 Å². The maximum absolute atomic E-state index is 13.8. The maximum Gasteiger partial charge on any atom is 0.308 e. The number of thioether (sulfide) groups is 1. The molecule has 5 heterocycles. The van der Waals surface area contributed by atoms with E-state index < -0.39 is 17.1 Å². The van der Waals surface area contributed by atoms with E-state index in [0.29, 0.717) is 23.8 Å². The molecule has 8 nitrogen and oxygen atoms in total. The molecule has 0 saturated carbocycles. The van der Waals surface area contributed by atoms with Crippen molar-refractivity contribution in [1.29, 1.82) is 0 Å². The number of piperidine rings is 1. The molecule has 190 valence electrons. The monoisotopic (exact) mass is 598 g/mol. The first-order chi connectivity index (χ1) is 17.9. The summed E-state index contributed by atoms with van der Waals surface area (Å²) in [6.45, 7) is 1.34. The topological polar surface area (TPSA) is 92.6 Å². The van der Waals surface area contributed by atoms with Crippen molar-refractivity contribution in [2.24, 2.45) is 5.92 Å². The second-order valence-electron chi connectivity index (χ2n) is 9.38. The predicted molar refractivity (Wildman–Crippen MR) is 145 cm³/mol. The van der Waals surface area contributed by atoms with Crippen LogP contribution < -0.4 is 9.77 Å². The van der Waals surface area contributed by atoms with Crippen molar-refractivity contribution in [2.75, 3.05) is 18.0 Å². The molecule has 0 spiro atoms. The van der Waals surface area contributed by atoms with Gasteiger partial charge in [0, 0.05) is 40.8 Å². The maximum atomic E-state index is 13.8. The predicted octanol–water partition coefficient (Wildman–Crippen LogP) is 3.88. The molecule has 37 heavy (non-hydrogen) atoms. The molecular formula is C26H23BrN4O4S2. The van der Waals surface area contributed by atoms with Crippen LogP contribution >= 0.6 is 39.0 Å². The van der Waals surface area contributed by atoms with Gasteiger partial charge in [-0.05, 0) is 55.2 Å². The van der Waals surface area contributed by atoms with Crippen LogP contribution in [0.5, 0.6) is 0 Å². The lowest BCUT2D eigenvalue weighted by Crippen LogP contribution is -2.39. The average molecular weight is 600 g/mol. The Morgan fingerprint density at radius 1 is 1.03 bits per heavy atom. The van der Waals surface area contributed by atoms with Crippen LogP contribution in [0, 0.1) is 5.92 Å². The number of hydrogen-bond acceptors (Lipinski definition) is 7. The summed E-state index contributed by atoms with van der Waals surface area (Å²) in [4.78, 5) is 61.6. The number of pyridine rings is 1. The van der Waals surface area contributed by atoms with E-state index in [-0.39, 0.29) is 29.1 Å². The average Bonchev–Trinajstić information content (AvgIpc) is 3.36. The Hall–Kier alpha value is -2.76. The SMILES string of the molecule is O=C(Cn1c2c(sc1=O)[C@@H](c1cccnc1)C1C(=O)N(c3ccc(Br)cc3)C(=O)C1S2)N1CCCCC1. The van der Waals surface area contributed by atoms with Gasteiger partial charge in [-0.15, -0.1) is 0 Å². The van der Waals surface area contributed by atoms with E-state index in [4.69, 9.17) is 0 Å². The number of carbonyl (C=O) groups excluding carboxylic acids is 3. The second-order valence-corrected chi connectivity index (χ2v) is 12.4. The van der Waals surface area contributed by atoms with Gasteiger partial charge in [0.15, 0.2) is 0 Å². The van der Waals surface area contributed by atoms with Gasteiger partial charge < -0.3 is 4.90 Å². The number of fused-ring (bicyclic) bond motifs is 2. The lowest BCUT2D eigenvalue weighted by Gasteiger charge is -2.31. The Balaban J connectivity index is 1.42.